The zero-order valence-corrected chi connectivity index (χ0v) is 14.7. The van der Waals surface area contributed by atoms with E-state index in [0.29, 0.717) is 12.1 Å². The Labute approximate surface area is 151 Å². The van der Waals surface area contributed by atoms with Crippen LogP contribution in [-0.2, 0) is 11.2 Å². The van der Waals surface area contributed by atoms with E-state index in [0.717, 1.165) is 34.5 Å². The van der Waals surface area contributed by atoms with Gasteiger partial charge in [-0.05, 0) is 49.2 Å². The molecule has 2 N–H and O–H groups in total. The van der Waals surface area contributed by atoms with Crippen LogP contribution in [0.3, 0.4) is 0 Å². The third-order valence-electron chi connectivity index (χ3n) is 4.78. The number of carbonyl (C=O) groups is 2. The molecular formula is C20H20N4O2. The summed E-state index contributed by atoms with van der Waals surface area (Å²) in [6.45, 7) is 4.14. The van der Waals surface area contributed by atoms with Crippen LogP contribution in [0.25, 0.3) is 11.0 Å². The van der Waals surface area contributed by atoms with Crippen molar-refractivity contribution in [2.45, 2.75) is 26.3 Å². The molecule has 3 aromatic rings. The van der Waals surface area contributed by atoms with Gasteiger partial charge >= 0.3 is 0 Å². The lowest BCUT2D eigenvalue weighted by atomic mass is 10.1. The monoisotopic (exact) mass is 348 g/mol. The number of aromatic nitrogens is 2. The summed E-state index contributed by atoms with van der Waals surface area (Å²) < 4.78 is 0. The molecule has 0 bridgehead atoms. The number of aromatic amines is 1. The lowest BCUT2D eigenvalue weighted by molar-refractivity contribution is -0.116. The van der Waals surface area contributed by atoms with Gasteiger partial charge in [-0.25, -0.2) is 4.98 Å². The topological polar surface area (TPSA) is 78.1 Å². The van der Waals surface area contributed by atoms with Crippen LogP contribution in [-0.4, -0.2) is 28.3 Å². The minimum atomic E-state index is -0.239. The first-order valence-corrected chi connectivity index (χ1v) is 8.69. The molecule has 0 spiro atoms. The summed E-state index contributed by atoms with van der Waals surface area (Å²) in [6, 6.07) is 13.0. The molecule has 6 heteroatoms. The Morgan fingerprint density at radius 3 is 2.81 bits per heavy atom. The summed E-state index contributed by atoms with van der Waals surface area (Å²) in [6.07, 6.45) is 0.773. The molecule has 4 rings (SSSR count). The van der Waals surface area contributed by atoms with Crippen LogP contribution in [0.15, 0.2) is 42.5 Å². The summed E-state index contributed by atoms with van der Waals surface area (Å²) in [4.78, 5) is 33.8. The fourth-order valence-corrected chi connectivity index (χ4v) is 3.40. The van der Waals surface area contributed by atoms with Gasteiger partial charge in [-0.2, -0.15) is 0 Å². The van der Waals surface area contributed by atoms with Crippen molar-refractivity contribution in [2.24, 2.45) is 0 Å². The second-order valence-corrected chi connectivity index (χ2v) is 6.60. The summed E-state index contributed by atoms with van der Waals surface area (Å²) in [5.74, 6) is 0.602. The Kier molecular flexibility index (Phi) is 3.95. The van der Waals surface area contributed by atoms with Gasteiger partial charge in [-0.15, -0.1) is 0 Å². The van der Waals surface area contributed by atoms with Crippen molar-refractivity contribution in [1.82, 2.24) is 15.3 Å². The predicted octanol–water partition coefficient (Wildman–Crippen LogP) is 2.96. The molecule has 1 aliphatic heterocycles. The third kappa shape index (κ3) is 2.83. The largest absolute Gasteiger partial charge is 0.342 e. The molecule has 0 saturated carbocycles. The highest BCUT2D eigenvalue weighted by atomic mass is 16.2. The van der Waals surface area contributed by atoms with Crippen molar-refractivity contribution < 1.29 is 9.59 Å². The first-order valence-electron chi connectivity index (χ1n) is 8.69. The van der Waals surface area contributed by atoms with E-state index in [1.807, 2.05) is 43.3 Å². The summed E-state index contributed by atoms with van der Waals surface area (Å²) in [5, 5.41) is 2.99. The first kappa shape index (κ1) is 16.3. The highest BCUT2D eigenvalue weighted by Crippen LogP contribution is 2.29. The number of nitrogens with one attached hydrogen (secondary N) is 2. The Bertz CT molecular complexity index is 975. The lowest BCUT2D eigenvalue weighted by Crippen LogP contribution is -2.27. The predicted molar refractivity (Wildman–Crippen MR) is 100 cm³/mol. The highest BCUT2D eigenvalue weighted by molar-refractivity contribution is 5.98. The zero-order valence-electron chi connectivity index (χ0n) is 14.7. The number of anilines is 1. The van der Waals surface area contributed by atoms with Gasteiger partial charge in [0.1, 0.15) is 5.82 Å². The van der Waals surface area contributed by atoms with Crippen LogP contribution in [0.1, 0.15) is 41.6 Å². The van der Waals surface area contributed by atoms with Gasteiger partial charge in [-0.1, -0.05) is 12.1 Å². The van der Waals surface area contributed by atoms with Crippen molar-refractivity contribution in [3.05, 3.63) is 59.4 Å². The molecule has 1 unspecified atom stereocenters. The lowest BCUT2D eigenvalue weighted by Gasteiger charge is -2.15. The van der Waals surface area contributed by atoms with Crippen LogP contribution in [0.2, 0.25) is 0 Å². The maximum absolute atomic E-state index is 12.6. The molecule has 2 heterocycles. The van der Waals surface area contributed by atoms with Gasteiger partial charge in [0.25, 0.3) is 5.91 Å². The number of H-pyrrole nitrogens is 1. The number of imidazole rings is 1. The number of rotatable bonds is 3. The Morgan fingerprint density at radius 1 is 1.23 bits per heavy atom. The summed E-state index contributed by atoms with van der Waals surface area (Å²) >= 11 is 0. The van der Waals surface area contributed by atoms with Gasteiger partial charge in [0.05, 0.1) is 17.1 Å². The summed E-state index contributed by atoms with van der Waals surface area (Å²) in [7, 11) is 0. The van der Waals surface area contributed by atoms with Crippen molar-refractivity contribution >= 4 is 28.5 Å². The first-order chi connectivity index (χ1) is 12.5. The molecule has 1 aliphatic rings. The maximum Gasteiger partial charge on any atom is 0.251 e. The molecule has 0 saturated heterocycles. The smallest absolute Gasteiger partial charge is 0.251 e. The average molecular weight is 348 g/mol. The molecule has 1 atom stereocenters. The minimum absolute atomic E-state index is 0.0273. The Morgan fingerprint density at radius 2 is 2.04 bits per heavy atom. The number of fused-ring (bicyclic) bond motifs is 2. The van der Waals surface area contributed by atoms with E-state index in [-0.39, 0.29) is 17.9 Å². The minimum Gasteiger partial charge on any atom is -0.342 e. The number of hydrogen-bond donors (Lipinski definition) is 2. The number of hydrogen-bond acceptors (Lipinski definition) is 3. The second-order valence-electron chi connectivity index (χ2n) is 6.60. The van der Waals surface area contributed by atoms with E-state index in [2.05, 4.69) is 15.3 Å². The number of nitrogens with zero attached hydrogens (tertiary/aromatic N) is 2. The SMILES string of the molecule is CC(=O)N1CCc2cc(C(=O)NC(C)c3nc4ccccc4[nH]3)ccc21. The van der Waals surface area contributed by atoms with E-state index in [1.54, 1.807) is 17.9 Å². The standard InChI is InChI=1S/C20H20N4O2/c1-12(19-22-16-5-3-4-6-17(16)23-19)21-20(26)15-7-8-18-14(11-15)9-10-24(18)13(2)25/h3-8,11-12H,9-10H2,1-2H3,(H,21,26)(H,22,23). The molecule has 6 nitrogen and oxygen atoms in total. The van der Waals surface area contributed by atoms with E-state index in [4.69, 9.17) is 0 Å². The van der Waals surface area contributed by atoms with Crippen LogP contribution < -0.4 is 10.2 Å². The second kappa shape index (κ2) is 6.29. The zero-order chi connectivity index (χ0) is 18.3. The van der Waals surface area contributed by atoms with Crippen molar-refractivity contribution in [3.8, 4) is 0 Å². The molecule has 26 heavy (non-hydrogen) atoms. The van der Waals surface area contributed by atoms with E-state index in [9.17, 15) is 9.59 Å². The Hall–Kier alpha value is -3.15. The molecule has 0 aliphatic carbocycles. The molecular weight excluding hydrogens is 328 g/mol. The fourth-order valence-electron chi connectivity index (χ4n) is 3.40. The molecule has 1 aromatic heterocycles. The van der Waals surface area contributed by atoms with E-state index in [1.165, 1.54) is 0 Å². The normalized spacial score (nSPS) is 14.3. The van der Waals surface area contributed by atoms with E-state index < -0.39 is 0 Å². The quantitative estimate of drug-likeness (QED) is 0.764. The molecule has 132 valence electrons. The summed E-state index contributed by atoms with van der Waals surface area (Å²) in [5.41, 5.74) is 4.36. The van der Waals surface area contributed by atoms with Crippen molar-refractivity contribution in [1.29, 1.82) is 0 Å². The maximum atomic E-state index is 12.6. The number of amides is 2. The van der Waals surface area contributed by atoms with Crippen LogP contribution in [0, 0.1) is 0 Å². The fraction of sp³-hybridized carbons (Fsp3) is 0.250. The number of para-hydroxylation sites is 2. The average Bonchev–Trinajstić information content (AvgIpc) is 3.25. The Balaban J connectivity index is 1.52. The van der Waals surface area contributed by atoms with E-state index >= 15 is 0 Å². The highest BCUT2D eigenvalue weighted by Gasteiger charge is 2.23. The number of carbonyl (C=O) groups excluding carboxylic acids is 2. The molecule has 0 radical (unpaired) electrons. The van der Waals surface area contributed by atoms with Crippen LogP contribution in [0.5, 0.6) is 0 Å². The van der Waals surface area contributed by atoms with Gasteiger partial charge in [-0.3, -0.25) is 9.59 Å². The molecule has 0 fully saturated rings. The van der Waals surface area contributed by atoms with Crippen LogP contribution >= 0.6 is 0 Å². The van der Waals surface area contributed by atoms with Gasteiger partial charge < -0.3 is 15.2 Å². The van der Waals surface area contributed by atoms with Gasteiger partial charge in [0, 0.05) is 24.7 Å². The van der Waals surface area contributed by atoms with Gasteiger partial charge in [0.2, 0.25) is 5.91 Å². The van der Waals surface area contributed by atoms with Gasteiger partial charge in [0.15, 0.2) is 0 Å². The van der Waals surface area contributed by atoms with Crippen LogP contribution in [0.4, 0.5) is 5.69 Å². The van der Waals surface area contributed by atoms with Crippen molar-refractivity contribution in [2.75, 3.05) is 11.4 Å². The van der Waals surface area contributed by atoms with Crippen molar-refractivity contribution in [3.63, 3.8) is 0 Å². The molecule has 2 amide bonds. The molecule has 2 aromatic carbocycles. The number of benzene rings is 2. The third-order valence-corrected chi connectivity index (χ3v) is 4.78.